The number of halogens is 3. The predicted molar refractivity (Wildman–Crippen MR) is 101 cm³/mol. The van der Waals surface area contributed by atoms with Crippen LogP contribution in [0.5, 0.6) is 0 Å². The van der Waals surface area contributed by atoms with Crippen molar-refractivity contribution >= 4 is 28.5 Å². The number of benzene rings is 2. The third kappa shape index (κ3) is 3.80. The van der Waals surface area contributed by atoms with Crippen LogP contribution in [-0.2, 0) is 5.54 Å². The van der Waals surface area contributed by atoms with Gasteiger partial charge in [0.05, 0.1) is 16.8 Å². The van der Waals surface area contributed by atoms with Gasteiger partial charge in [-0.3, -0.25) is 9.79 Å². The molecular weight excluding hydrogens is 375 g/mol. The molecule has 2 aromatic carbocycles. The molecule has 2 aromatic rings. The molecule has 0 radical (unpaired) electrons. The van der Waals surface area contributed by atoms with Gasteiger partial charge >= 0.3 is 0 Å². The van der Waals surface area contributed by atoms with E-state index in [9.17, 15) is 18.0 Å². The average molecular weight is 393 g/mol. The van der Waals surface area contributed by atoms with Gasteiger partial charge < -0.3 is 11.1 Å². The SMILES string of the molecule is Cc1ccc(C(=O)Nc2cc(C3(C)CCSC(N)=N3)ccc2F)c(F)c1F. The Hall–Kier alpha value is -2.48. The first kappa shape index (κ1) is 19.3. The highest BCUT2D eigenvalue weighted by atomic mass is 32.2. The lowest BCUT2D eigenvalue weighted by atomic mass is 9.89. The summed E-state index contributed by atoms with van der Waals surface area (Å²) in [6.45, 7) is 3.26. The Morgan fingerprint density at radius 1 is 1.22 bits per heavy atom. The fourth-order valence-electron chi connectivity index (χ4n) is 2.86. The van der Waals surface area contributed by atoms with E-state index in [1.54, 1.807) is 6.07 Å². The molecule has 8 heteroatoms. The smallest absolute Gasteiger partial charge is 0.258 e. The van der Waals surface area contributed by atoms with E-state index in [4.69, 9.17) is 5.73 Å². The number of amides is 1. The van der Waals surface area contributed by atoms with Gasteiger partial charge in [0.1, 0.15) is 5.82 Å². The number of carbonyl (C=O) groups excluding carboxylic acids is 1. The Bertz CT molecular complexity index is 948. The van der Waals surface area contributed by atoms with Crippen molar-refractivity contribution < 1.29 is 18.0 Å². The number of nitrogens with zero attached hydrogens (tertiary/aromatic N) is 1. The summed E-state index contributed by atoms with van der Waals surface area (Å²) in [5.41, 5.74) is 5.27. The molecule has 0 spiro atoms. The van der Waals surface area contributed by atoms with Crippen LogP contribution in [0.2, 0.25) is 0 Å². The monoisotopic (exact) mass is 393 g/mol. The summed E-state index contributed by atoms with van der Waals surface area (Å²) in [6, 6.07) is 6.68. The molecular formula is C19H18F3N3OS. The fourth-order valence-corrected chi connectivity index (χ4v) is 3.84. The number of thioether (sulfide) groups is 1. The number of nitrogens with two attached hydrogens (primary N) is 1. The minimum Gasteiger partial charge on any atom is -0.379 e. The molecule has 3 rings (SSSR count). The summed E-state index contributed by atoms with van der Waals surface area (Å²) >= 11 is 1.44. The average Bonchev–Trinajstić information content (AvgIpc) is 2.61. The molecule has 1 unspecified atom stereocenters. The molecule has 1 aliphatic rings. The summed E-state index contributed by atoms with van der Waals surface area (Å²) in [5.74, 6) is -3.23. The van der Waals surface area contributed by atoms with Gasteiger partial charge in [0.15, 0.2) is 16.8 Å². The van der Waals surface area contributed by atoms with E-state index in [0.29, 0.717) is 17.2 Å². The standard InChI is InChI=1S/C19H18F3N3OS/c1-10-3-5-12(16(22)15(10)21)17(26)24-14-9-11(4-6-13(14)20)19(2)7-8-27-18(23)25-19/h3-6,9H,7-8H2,1-2H3,(H2,23,25)(H,24,26). The predicted octanol–water partition coefficient (Wildman–Crippen LogP) is 4.33. The van der Waals surface area contributed by atoms with E-state index in [1.807, 2.05) is 6.92 Å². The molecule has 4 nitrogen and oxygen atoms in total. The quantitative estimate of drug-likeness (QED) is 0.816. The first-order valence-electron chi connectivity index (χ1n) is 8.25. The summed E-state index contributed by atoms with van der Waals surface area (Å²) in [7, 11) is 0. The zero-order chi connectivity index (χ0) is 19.8. The molecule has 1 aliphatic heterocycles. The molecule has 0 aliphatic carbocycles. The zero-order valence-corrected chi connectivity index (χ0v) is 15.6. The van der Waals surface area contributed by atoms with Gasteiger partial charge in [-0.1, -0.05) is 23.9 Å². The van der Waals surface area contributed by atoms with E-state index in [1.165, 1.54) is 36.9 Å². The van der Waals surface area contributed by atoms with Crippen LogP contribution < -0.4 is 11.1 Å². The van der Waals surface area contributed by atoms with E-state index in [2.05, 4.69) is 10.3 Å². The summed E-state index contributed by atoms with van der Waals surface area (Å²) in [6.07, 6.45) is 0.690. The van der Waals surface area contributed by atoms with E-state index < -0.39 is 34.5 Å². The Morgan fingerprint density at radius 2 is 1.96 bits per heavy atom. The second kappa shape index (κ2) is 7.26. The number of anilines is 1. The van der Waals surface area contributed by atoms with Crippen LogP contribution in [0.1, 0.15) is 34.8 Å². The molecule has 0 saturated heterocycles. The van der Waals surface area contributed by atoms with Crippen LogP contribution >= 0.6 is 11.8 Å². The van der Waals surface area contributed by atoms with Crippen molar-refractivity contribution in [3.8, 4) is 0 Å². The minimum atomic E-state index is -1.27. The molecule has 0 fully saturated rings. The lowest BCUT2D eigenvalue weighted by molar-refractivity contribution is 0.102. The van der Waals surface area contributed by atoms with Crippen molar-refractivity contribution in [2.45, 2.75) is 25.8 Å². The van der Waals surface area contributed by atoms with Crippen LogP contribution in [0, 0.1) is 24.4 Å². The first-order chi connectivity index (χ1) is 12.7. The van der Waals surface area contributed by atoms with Crippen LogP contribution in [0.15, 0.2) is 35.3 Å². The molecule has 0 saturated carbocycles. The lowest BCUT2D eigenvalue weighted by Crippen LogP contribution is -2.29. The molecule has 1 atom stereocenters. The van der Waals surface area contributed by atoms with Crippen molar-refractivity contribution in [3.63, 3.8) is 0 Å². The number of rotatable bonds is 3. The number of aryl methyl sites for hydroxylation is 1. The van der Waals surface area contributed by atoms with Crippen LogP contribution in [0.25, 0.3) is 0 Å². The van der Waals surface area contributed by atoms with Gasteiger partial charge in [0, 0.05) is 5.75 Å². The van der Waals surface area contributed by atoms with Crippen LogP contribution in [0.3, 0.4) is 0 Å². The van der Waals surface area contributed by atoms with Crippen molar-refractivity contribution in [1.82, 2.24) is 0 Å². The van der Waals surface area contributed by atoms with Gasteiger partial charge in [-0.25, -0.2) is 13.2 Å². The molecule has 3 N–H and O–H groups in total. The molecule has 1 heterocycles. The minimum absolute atomic E-state index is 0.0794. The molecule has 0 aromatic heterocycles. The Kier molecular flexibility index (Phi) is 5.19. The fraction of sp³-hybridized carbons (Fsp3) is 0.263. The van der Waals surface area contributed by atoms with Crippen molar-refractivity contribution in [1.29, 1.82) is 0 Å². The molecule has 0 bridgehead atoms. The maximum absolute atomic E-state index is 14.2. The van der Waals surface area contributed by atoms with Gasteiger partial charge in [-0.2, -0.15) is 0 Å². The zero-order valence-electron chi connectivity index (χ0n) is 14.8. The molecule has 27 heavy (non-hydrogen) atoms. The second-order valence-electron chi connectivity index (χ2n) is 6.53. The van der Waals surface area contributed by atoms with Crippen LogP contribution in [-0.4, -0.2) is 16.8 Å². The van der Waals surface area contributed by atoms with Gasteiger partial charge in [-0.15, -0.1) is 0 Å². The normalized spacial score (nSPS) is 19.5. The van der Waals surface area contributed by atoms with Crippen molar-refractivity contribution in [2.24, 2.45) is 10.7 Å². The van der Waals surface area contributed by atoms with Gasteiger partial charge in [-0.05, 0) is 49.6 Å². The number of amidine groups is 1. The number of hydrogen-bond acceptors (Lipinski definition) is 4. The number of nitrogens with one attached hydrogen (secondary N) is 1. The van der Waals surface area contributed by atoms with Crippen molar-refractivity contribution in [2.75, 3.05) is 11.1 Å². The van der Waals surface area contributed by atoms with Gasteiger partial charge in [0.25, 0.3) is 5.91 Å². The number of carbonyl (C=O) groups is 1. The largest absolute Gasteiger partial charge is 0.379 e. The highest BCUT2D eigenvalue weighted by molar-refractivity contribution is 8.13. The molecule has 142 valence electrons. The number of aliphatic imine (C=N–C) groups is 1. The first-order valence-corrected chi connectivity index (χ1v) is 9.24. The lowest BCUT2D eigenvalue weighted by Gasteiger charge is -2.30. The summed E-state index contributed by atoms with van der Waals surface area (Å²) in [5, 5.41) is 2.76. The maximum atomic E-state index is 14.2. The maximum Gasteiger partial charge on any atom is 0.258 e. The third-order valence-corrected chi connectivity index (χ3v) is 5.35. The Balaban J connectivity index is 1.93. The van der Waals surface area contributed by atoms with E-state index >= 15 is 0 Å². The summed E-state index contributed by atoms with van der Waals surface area (Å²) < 4.78 is 41.9. The van der Waals surface area contributed by atoms with E-state index in [0.717, 1.165) is 11.8 Å². The number of hydrogen-bond donors (Lipinski definition) is 2. The topological polar surface area (TPSA) is 67.5 Å². The molecule has 1 amide bonds. The Morgan fingerprint density at radius 3 is 2.67 bits per heavy atom. The van der Waals surface area contributed by atoms with Gasteiger partial charge in [0.2, 0.25) is 0 Å². The Labute approximate surface area is 159 Å². The third-order valence-electron chi connectivity index (χ3n) is 4.55. The van der Waals surface area contributed by atoms with Crippen molar-refractivity contribution in [3.05, 3.63) is 64.5 Å². The second-order valence-corrected chi connectivity index (χ2v) is 7.64. The highest BCUT2D eigenvalue weighted by Gasteiger charge is 2.30. The van der Waals surface area contributed by atoms with E-state index in [-0.39, 0.29) is 11.3 Å². The summed E-state index contributed by atoms with van der Waals surface area (Å²) in [4.78, 5) is 16.8. The van der Waals surface area contributed by atoms with Crippen LogP contribution in [0.4, 0.5) is 18.9 Å². The highest BCUT2D eigenvalue weighted by Crippen LogP contribution is 2.36.